The van der Waals surface area contributed by atoms with Crippen LogP contribution in [0.3, 0.4) is 0 Å². The van der Waals surface area contributed by atoms with Crippen molar-refractivity contribution in [2.75, 3.05) is 10.6 Å². The van der Waals surface area contributed by atoms with E-state index in [1.54, 1.807) is 18.2 Å². The van der Waals surface area contributed by atoms with Crippen LogP contribution in [0.5, 0.6) is 0 Å². The number of nitrogens with two attached hydrogens (primary N) is 1. The molecule has 116 valence electrons. The quantitative estimate of drug-likeness (QED) is 0.595. The normalized spacial score (nSPS) is 10.5. The highest BCUT2D eigenvalue weighted by atomic mass is 19.1. The first kappa shape index (κ1) is 14.5. The lowest BCUT2D eigenvalue weighted by atomic mass is 10.2. The molecule has 0 spiro atoms. The predicted molar refractivity (Wildman–Crippen MR) is 83.7 cm³/mol. The van der Waals surface area contributed by atoms with Crippen molar-refractivity contribution in [1.29, 1.82) is 0 Å². The SMILES string of the molecule is NC(=O)c1nc2c(NC(=O)Nc3ccc(F)cc3)cccc2[nH]1. The summed E-state index contributed by atoms with van der Waals surface area (Å²) in [5.74, 6) is -1.08. The van der Waals surface area contributed by atoms with Gasteiger partial charge in [-0.25, -0.2) is 14.2 Å². The summed E-state index contributed by atoms with van der Waals surface area (Å²) in [6, 6.07) is 9.87. The molecule has 0 aliphatic heterocycles. The molecule has 0 bridgehead atoms. The number of H-pyrrole nitrogens is 1. The van der Waals surface area contributed by atoms with Gasteiger partial charge >= 0.3 is 6.03 Å². The lowest BCUT2D eigenvalue weighted by Crippen LogP contribution is -2.19. The molecule has 7 nitrogen and oxygen atoms in total. The number of imidazole rings is 1. The molecule has 0 radical (unpaired) electrons. The van der Waals surface area contributed by atoms with Crippen molar-refractivity contribution in [3.63, 3.8) is 0 Å². The van der Waals surface area contributed by atoms with E-state index in [-0.39, 0.29) is 5.82 Å². The number of carbonyl (C=O) groups is 2. The van der Waals surface area contributed by atoms with Crippen LogP contribution in [0.1, 0.15) is 10.6 Å². The molecule has 0 saturated heterocycles. The van der Waals surface area contributed by atoms with Gasteiger partial charge in [0.15, 0.2) is 5.82 Å². The Kier molecular flexibility index (Phi) is 3.63. The minimum atomic E-state index is -0.692. The Hall–Kier alpha value is -3.42. The Morgan fingerprint density at radius 1 is 1.09 bits per heavy atom. The molecular weight excluding hydrogens is 301 g/mol. The maximum atomic E-state index is 12.8. The Balaban J connectivity index is 1.81. The monoisotopic (exact) mass is 313 g/mol. The largest absolute Gasteiger partial charge is 0.363 e. The van der Waals surface area contributed by atoms with Crippen LogP contribution in [0.15, 0.2) is 42.5 Å². The summed E-state index contributed by atoms with van der Waals surface area (Å²) in [7, 11) is 0. The first-order valence-corrected chi connectivity index (χ1v) is 6.65. The molecule has 0 fully saturated rings. The highest BCUT2D eigenvalue weighted by Gasteiger charge is 2.12. The average Bonchev–Trinajstić information content (AvgIpc) is 2.95. The summed E-state index contributed by atoms with van der Waals surface area (Å²) in [5, 5.41) is 5.19. The number of amides is 3. The fraction of sp³-hybridized carbons (Fsp3) is 0. The van der Waals surface area contributed by atoms with Crippen molar-refractivity contribution in [2.45, 2.75) is 0 Å². The van der Waals surface area contributed by atoms with Gasteiger partial charge in [-0.15, -0.1) is 0 Å². The predicted octanol–water partition coefficient (Wildman–Crippen LogP) is 2.44. The van der Waals surface area contributed by atoms with E-state index < -0.39 is 17.8 Å². The zero-order valence-corrected chi connectivity index (χ0v) is 11.8. The third-order valence-electron chi connectivity index (χ3n) is 3.10. The molecule has 3 aromatic rings. The van der Waals surface area contributed by atoms with Gasteiger partial charge < -0.3 is 21.4 Å². The van der Waals surface area contributed by atoms with Crippen LogP contribution in [0, 0.1) is 5.82 Å². The van der Waals surface area contributed by atoms with Crippen molar-refractivity contribution >= 4 is 34.3 Å². The number of urea groups is 1. The highest BCUT2D eigenvalue weighted by molar-refractivity contribution is 6.05. The van der Waals surface area contributed by atoms with Crippen LogP contribution in [0.25, 0.3) is 11.0 Å². The van der Waals surface area contributed by atoms with Crippen LogP contribution < -0.4 is 16.4 Å². The second kappa shape index (κ2) is 5.76. The summed E-state index contributed by atoms with van der Waals surface area (Å²) in [4.78, 5) is 30.0. The molecular formula is C15H12FN5O2. The van der Waals surface area contributed by atoms with E-state index in [1.807, 2.05) is 0 Å². The number of primary amides is 1. The topological polar surface area (TPSA) is 113 Å². The fourth-order valence-electron chi connectivity index (χ4n) is 2.07. The van der Waals surface area contributed by atoms with Gasteiger partial charge in [0.1, 0.15) is 11.3 Å². The van der Waals surface area contributed by atoms with E-state index in [9.17, 15) is 14.0 Å². The molecule has 1 aromatic heterocycles. The number of hydrogen-bond acceptors (Lipinski definition) is 3. The van der Waals surface area contributed by atoms with Gasteiger partial charge in [0.25, 0.3) is 5.91 Å². The van der Waals surface area contributed by atoms with Crippen LogP contribution in [0.2, 0.25) is 0 Å². The zero-order chi connectivity index (χ0) is 16.4. The van der Waals surface area contributed by atoms with E-state index in [1.165, 1.54) is 24.3 Å². The summed E-state index contributed by atoms with van der Waals surface area (Å²) >= 11 is 0. The van der Waals surface area contributed by atoms with E-state index in [4.69, 9.17) is 5.73 Å². The molecule has 0 aliphatic carbocycles. The Labute approximate surface area is 129 Å². The maximum absolute atomic E-state index is 12.8. The molecule has 0 aliphatic rings. The number of nitrogens with one attached hydrogen (secondary N) is 3. The number of benzene rings is 2. The minimum absolute atomic E-state index is 0.00759. The maximum Gasteiger partial charge on any atom is 0.323 e. The molecule has 3 rings (SSSR count). The molecule has 8 heteroatoms. The van der Waals surface area contributed by atoms with Crippen LogP contribution in [0.4, 0.5) is 20.6 Å². The number of fused-ring (bicyclic) bond motifs is 1. The van der Waals surface area contributed by atoms with Crippen molar-refractivity contribution in [3.05, 3.63) is 54.1 Å². The fourth-order valence-corrected chi connectivity index (χ4v) is 2.07. The van der Waals surface area contributed by atoms with Gasteiger partial charge in [-0.2, -0.15) is 0 Å². The van der Waals surface area contributed by atoms with Gasteiger partial charge in [-0.05, 0) is 36.4 Å². The summed E-state index contributed by atoms with van der Waals surface area (Å²) in [5.41, 5.74) is 7.01. The third kappa shape index (κ3) is 3.10. The Bertz CT molecular complexity index is 889. The smallest absolute Gasteiger partial charge is 0.323 e. The van der Waals surface area contributed by atoms with Crippen molar-refractivity contribution in [3.8, 4) is 0 Å². The number of aromatic amines is 1. The first-order valence-electron chi connectivity index (χ1n) is 6.65. The number of carbonyl (C=O) groups excluding carboxylic acids is 2. The van der Waals surface area contributed by atoms with E-state index >= 15 is 0 Å². The number of halogens is 1. The van der Waals surface area contributed by atoms with Crippen molar-refractivity contribution in [2.24, 2.45) is 5.73 Å². The lowest BCUT2D eigenvalue weighted by Gasteiger charge is -2.08. The highest BCUT2D eigenvalue weighted by Crippen LogP contribution is 2.21. The molecule has 0 atom stereocenters. The summed E-state index contributed by atoms with van der Waals surface area (Å²) < 4.78 is 12.8. The standard InChI is InChI=1S/C15H12FN5O2/c16-8-4-6-9(7-5-8)18-15(23)20-11-3-1-2-10-12(11)21-14(19-10)13(17)22/h1-7H,(H2,17,22)(H,19,21)(H2,18,20,23). The molecule has 5 N–H and O–H groups in total. The van der Waals surface area contributed by atoms with E-state index in [2.05, 4.69) is 20.6 Å². The van der Waals surface area contributed by atoms with Gasteiger partial charge in [0.2, 0.25) is 0 Å². The third-order valence-corrected chi connectivity index (χ3v) is 3.10. The summed E-state index contributed by atoms with van der Waals surface area (Å²) in [6.07, 6.45) is 0. The second-order valence-electron chi connectivity index (χ2n) is 4.74. The number of nitrogens with zero attached hydrogens (tertiary/aromatic N) is 1. The number of para-hydroxylation sites is 1. The van der Waals surface area contributed by atoms with E-state index in [0.29, 0.717) is 22.4 Å². The molecule has 2 aromatic carbocycles. The van der Waals surface area contributed by atoms with Crippen LogP contribution >= 0.6 is 0 Å². The molecule has 1 heterocycles. The Morgan fingerprint density at radius 2 is 1.83 bits per heavy atom. The number of aromatic nitrogens is 2. The van der Waals surface area contributed by atoms with Crippen LogP contribution in [-0.2, 0) is 0 Å². The minimum Gasteiger partial charge on any atom is -0.363 e. The van der Waals surface area contributed by atoms with Crippen LogP contribution in [-0.4, -0.2) is 21.9 Å². The number of anilines is 2. The first-order chi connectivity index (χ1) is 11.0. The second-order valence-corrected chi connectivity index (χ2v) is 4.74. The van der Waals surface area contributed by atoms with Gasteiger partial charge in [0.05, 0.1) is 11.2 Å². The Morgan fingerprint density at radius 3 is 2.52 bits per heavy atom. The average molecular weight is 313 g/mol. The van der Waals surface area contributed by atoms with E-state index in [0.717, 1.165) is 0 Å². The lowest BCUT2D eigenvalue weighted by molar-refractivity contribution is 0.0991. The van der Waals surface area contributed by atoms with Gasteiger partial charge in [-0.3, -0.25) is 4.79 Å². The molecule has 0 unspecified atom stereocenters. The number of rotatable bonds is 3. The van der Waals surface area contributed by atoms with Gasteiger partial charge in [-0.1, -0.05) is 6.07 Å². The summed E-state index contributed by atoms with van der Waals surface area (Å²) in [6.45, 7) is 0. The van der Waals surface area contributed by atoms with Crippen molar-refractivity contribution < 1.29 is 14.0 Å². The molecule has 23 heavy (non-hydrogen) atoms. The molecule has 0 saturated carbocycles. The number of hydrogen-bond donors (Lipinski definition) is 4. The van der Waals surface area contributed by atoms with Gasteiger partial charge in [0, 0.05) is 5.69 Å². The zero-order valence-electron chi connectivity index (χ0n) is 11.8. The molecule has 3 amide bonds. The van der Waals surface area contributed by atoms with Crippen molar-refractivity contribution in [1.82, 2.24) is 9.97 Å².